The summed E-state index contributed by atoms with van der Waals surface area (Å²) in [5.41, 5.74) is 0.0626. The molecular formula is C13H8F2N6OS2. The molecule has 0 saturated carbocycles. The number of rotatable bonds is 3. The van der Waals surface area contributed by atoms with Gasteiger partial charge in [0.1, 0.15) is 9.86 Å². The van der Waals surface area contributed by atoms with Crippen molar-refractivity contribution in [2.45, 2.75) is 16.6 Å². The average Bonchev–Trinajstić information content (AvgIpc) is 3.18. The Balaban J connectivity index is 1.80. The van der Waals surface area contributed by atoms with Crippen molar-refractivity contribution in [1.82, 2.24) is 29.4 Å². The molecular weight excluding hydrogens is 358 g/mol. The van der Waals surface area contributed by atoms with Gasteiger partial charge in [0, 0.05) is 7.05 Å². The summed E-state index contributed by atoms with van der Waals surface area (Å²) < 4.78 is 28.2. The van der Waals surface area contributed by atoms with Crippen LogP contribution < -0.4 is 5.56 Å². The number of alkyl halides is 2. The fourth-order valence-electron chi connectivity index (χ4n) is 2.14. The standard InChI is InChI=1S/C13H8F2N6OS2/c1-20-12(22)6-4-5-23-11(6)16-13(20)24-8-3-2-7-17-18-10(9(14)15)21(7)19-8/h2-5,9H,1H3. The third kappa shape index (κ3) is 2.36. The van der Waals surface area contributed by atoms with Gasteiger partial charge in [0.05, 0.1) is 5.39 Å². The molecule has 11 heteroatoms. The van der Waals surface area contributed by atoms with Crippen LogP contribution in [0.3, 0.4) is 0 Å². The van der Waals surface area contributed by atoms with Crippen LogP contribution in [0.25, 0.3) is 15.9 Å². The summed E-state index contributed by atoms with van der Waals surface area (Å²) in [6.07, 6.45) is -2.78. The van der Waals surface area contributed by atoms with E-state index in [1.54, 1.807) is 24.6 Å². The minimum absolute atomic E-state index is 0.164. The van der Waals surface area contributed by atoms with Crippen molar-refractivity contribution in [2.24, 2.45) is 7.05 Å². The highest BCUT2D eigenvalue weighted by Gasteiger charge is 2.18. The molecule has 0 aliphatic heterocycles. The van der Waals surface area contributed by atoms with Gasteiger partial charge in [-0.2, -0.15) is 9.61 Å². The Bertz CT molecular complexity index is 1120. The van der Waals surface area contributed by atoms with Gasteiger partial charge in [-0.05, 0) is 35.3 Å². The molecule has 4 heterocycles. The number of halogens is 2. The zero-order valence-corrected chi connectivity index (χ0v) is 13.7. The predicted octanol–water partition coefficient (Wildman–Crippen LogP) is 2.52. The van der Waals surface area contributed by atoms with E-state index in [1.807, 2.05) is 0 Å². The second kappa shape index (κ2) is 5.60. The largest absolute Gasteiger partial charge is 0.299 e. The molecule has 4 aromatic rings. The summed E-state index contributed by atoms with van der Waals surface area (Å²) in [5, 5.41) is 14.4. The molecule has 0 bridgehead atoms. The van der Waals surface area contributed by atoms with Gasteiger partial charge in [0.25, 0.3) is 12.0 Å². The molecule has 0 aliphatic carbocycles. The fourth-order valence-corrected chi connectivity index (χ4v) is 3.76. The zero-order chi connectivity index (χ0) is 16.8. The summed E-state index contributed by atoms with van der Waals surface area (Å²) in [4.78, 5) is 17.3. The number of thiophene rings is 1. The first-order valence-corrected chi connectivity index (χ1v) is 8.37. The Kier molecular flexibility index (Phi) is 3.53. The van der Waals surface area contributed by atoms with E-state index in [-0.39, 0.29) is 11.2 Å². The summed E-state index contributed by atoms with van der Waals surface area (Å²) in [5.74, 6) is -0.525. The van der Waals surface area contributed by atoms with Crippen molar-refractivity contribution in [3.05, 3.63) is 39.8 Å². The molecule has 4 aromatic heterocycles. The lowest BCUT2D eigenvalue weighted by atomic mass is 10.4. The smallest absolute Gasteiger partial charge is 0.290 e. The van der Waals surface area contributed by atoms with Gasteiger partial charge in [-0.15, -0.1) is 21.5 Å². The number of aromatic nitrogens is 6. The normalized spacial score (nSPS) is 11.8. The summed E-state index contributed by atoms with van der Waals surface area (Å²) in [6.45, 7) is 0. The van der Waals surface area contributed by atoms with E-state index in [4.69, 9.17) is 0 Å². The van der Waals surface area contributed by atoms with Crippen molar-refractivity contribution in [3.8, 4) is 0 Å². The molecule has 0 unspecified atom stereocenters. The quantitative estimate of drug-likeness (QED) is 0.519. The van der Waals surface area contributed by atoms with Crippen LogP contribution in [-0.4, -0.2) is 29.4 Å². The topological polar surface area (TPSA) is 78.0 Å². The fraction of sp³-hybridized carbons (Fsp3) is 0.154. The Morgan fingerprint density at radius 3 is 2.88 bits per heavy atom. The molecule has 0 aromatic carbocycles. The van der Waals surface area contributed by atoms with Crippen molar-refractivity contribution in [2.75, 3.05) is 0 Å². The minimum atomic E-state index is -2.78. The number of nitrogens with zero attached hydrogens (tertiary/aromatic N) is 6. The Morgan fingerprint density at radius 1 is 1.25 bits per heavy atom. The Morgan fingerprint density at radius 2 is 2.08 bits per heavy atom. The second-order valence-corrected chi connectivity index (χ2v) is 6.68. The van der Waals surface area contributed by atoms with Crippen LogP contribution in [0.1, 0.15) is 12.2 Å². The highest BCUT2D eigenvalue weighted by atomic mass is 32.2. The lowest BCUT2D eigenvalue weighted by Gasteiger charge is -2.06. The van der Waals surface area contributed by atoms with E-state index in [9.17, 15) is 13.6 Å². The first kappa shape index (κ1) is 15.1. The maximum absolute atomic E-state index is 12.9. The van der Waals surface area contributed by atoms with Crippen LogP contribution in [-0.2, 0) is 7.05 Å². The van der Waals surface area contributed by atoms with Gasteiger partial charge >= 0.3 is 0 Å². The molecule has 0 N–H and O–H groups in total. The maximum Gasteiger partial charge on any atom is 0.299 e. The average molecular weight is 366 g/mol. The lowest BCUT2D eigenvalue weighted by molar-refractivity contribution is 0.137. The summed E-state index contributed by atoms with van der Waals surface area (Å²) >= 11 is 2.47. The second-order valence-electron chi connectivity index (χ2n) is 4.80. The number of hydrogen-bond donors (Lipinski definition) is 0. The third-order valence-corrected chi connectivity index (χ3v) is 5.10. The molecule has 0 fully saturated rings. The van der Waals surface area contributed by atoms with E-state index >= 15 is 0 Å². The monoisotopic (exact) mass is 366 g/mol. The van der Waals surface area contributed by atoms with E-state index in [2.05, 4.69) is 20.3 Å². The molecule has 0 saturated heterocycles. The zero-order valence-electron chi connectivity index (χ0n) is 12.1. The van der Waals surface area contributed by atoms with Crippen LogP contribution in [0.2, 0.25) is 0 Å². The van der Waals surface area contributed by atoms with Gasteiger partial charge < -0.3 is 0 Å². The van der Waals surface area contributed by atoms with Gasteiger partial charge in [-0.3, -0.25) is 9.36 Å². The highest BCUT2D eigenvalue weighted by Crippen LogP contribution is 2.26. The highest BCUT2D eigenvalue weighted by molar-refractivity contribution is 7.99. The Hall–Kier alpha value is -2.40. The molecule has 0 aliphatic rings. The first-order chi connectivity index (χ1) is 11.5. The lowest BCUT2D eigenvalue weighted by Crippen LogP contribution is -2.19. The molecule has 0 amide bonds. The molecule has 4 rings (SSSR count). The third-order valence-electron chi connectivity index (χ3n) is 3.32. The minimum Gasteiger partial charge on any atom is -0.290 e. The Labute approximate surface area is 141 Å². The van der Waals surface area contributed by atoms with E-state index in [1.165, 1.54) is 22.0 Å². The predicted molar refractivity (Wildman–Crippen MR) is 84.7 cm³/mol. The summed E-state index contributed by atoms with van der Waals surface area (Å²) in [7, 11) is 1.61. The van der Waals surface area contributed by atoms with Gasteiger partial charge in [0.2, 0.25) is 5.82 Å². The number of fused-ring (bicyclic) bond motifs is 2. The summed E-state index contributed by atoms with van der Waals surface area (Å²) in [6, 6.07) is 4.88. The van der Waals surface area contributed by atoms with Gasteiger partial charge in [-0.25, -0.2) is 13.8 Å². The van der Waals surface area contributed by atoms with Crippen LogP contribution in [0.4, 0.5) is 8.78 Å². The molecule has 7 nitrogen and oxygen atoms in total. The van der Waals surface area contributed by atoms with Gasteiger partial charge in [0.15, 0.2) is 10.8 Å². The first-order valence-electron chi connectivity index (χ1n) is 6.67. The van der Waals surface area contributed by atoms with E-state index < -0.39 is 12.2 Å². The molecule has 0 atom stereocenters. The SMILES string of the molecule is Cn1c(Sc2ccc3nnc(C(F)F)n3n2)nc2sccc2c1=O. The van der Waals surface area contributed by atoms with Gasteiger partial charge in [-0.1, -0.05) is 0 Å². The molecule has 24 heavy (non-hydrogen) atoms. The van der Waals surface area contributed by atoms with Crippen molar-refractivity contribution in [3.63, 3.8) is 0 Å². The van der Waals surface area contributed by atoms with Crippen LogP contribution in [0, 0.1) is 0 Å². The van der Waals surface area contributed by atoms with Crippen LogP contribution in [0.5, 0.6) is 0 Å². The molecule has 0 spiro atoms. The van der Waals surface area contributed by atoms with Crippen molar-refractivity contribution >= 4 is 39.0 Å². The molecule has 0 radical (unpaired) electrons. The van der Waals surface area contributed by atoms with Crippen LogP contribution >= 0.6 is 23.1 Å². The van der Waals surface area contributed by atoms with Crippen molar-refractivity contribution < 1.29 is 8.78 Å². The van der Waals surface area contributed by atoms with E-state index in [0.29, 0.717) is 20.4 Å². The van der Waals surface area contributed by atoms with Crippen LogP contribution in [0.15, 0.2) is 38.6 Å². The molecule has 122 valence electrons. The van der Waals surface area contributed by atoms with E-state index in [0.717, 1.165) is 16.3 Å². The maximum atomic E-state index is 12.9. The number of hydrogen-bond acceptors (Lipinski definition) is 7. The van der Waals surface area contributed by atoms with Crippen molar-refractivity contribution in [1.29, 1.82) is 0 Å².